The van der Waals surface area contributed by atoms with Crippen molar-refractivity contribution in [1.82, 2.24) is 0 Å². The molecule has 0 aromatic heterocycles. The molecule has 0 aliphatic carbocycles. The highest BCUT2D eigenvalue weighted by atomic mass is 31.2. The molecular weight excluding hydrogens is 281 g/mol. The number of hydrogen-bond acceptors (Lipinski definition) is 4. The van der Waals surface area contributed by atoms with Gasteiger partial charge in [0.25, 0.3) is 0 Å². The van der Waals surface area contributed by atoms with Crippen LogP contribution in [0.4, 0.5) is 26.3 Å². The van der Waals surface area contributed by atoms with Gasteiger partial charge in [0.2, 0.25) is 0 Å². The van der Waals surface area contributed by atoms with Crippen LogP contribution in [0.3, 0.4) is 0 Å². The fourth-order valence-corrected chi connectivity index (χ4v) is 1.11. The SMILES string of the molecule is C=C(C)C(=O)OP(OC(F)(F)F)OC(F)(F)F. The van der Waals surface area contributed by atoms with Crippen LogP contribution >= 0.6 is 8.60 Å². The van der Waals surface area contributed by atoms with E-state index in [2.05, 4.69) is 20.2 Å². The molecule has 0 aliphatic rings. The van der Waals surface area contributed by atoms with Gasteiger partial charge in [-0.1, -0.05) is 6.58 Å². The van der Waals surface area contributed by atoms with E-state index in [1.54, 1.807) is 0 Å². The van der Waals surface area contributed by atoms with Gasteiger partial charge >= 0.3 is 27.3 Å². The van der Waals surface area contributed by atoms with Crippen molar-refractivity contribution in [3.63, 3.8) is 0 Å². The van der Waals surface area contributed by atoms with E-state index in [4.69, 9.17) is 0 Å². The summed E-state index contributed by atoms with van der Waals surface area (Å²) in [5, 5.41) is 0. The largest absolute Gasteiger partial charge is 0.530 e. The summed E-state index contributed by atoms with van der Waals surface area (Å²) in [6.07, 6.45) is -10.9. The van der Waals surface area contributed by atoms with Gasteiger partial charge in [0.15, 0.2) is 0 Å². The second-order valence-electron chi connectivity index (χ2n) is 2.46. The van der Waals surface area contributed by atoms with E-state index in [9.17, 15) is 31.1 Å². The minimum Gasteiger partial charge on any atom is -0.390 e. The monoisotopic (exact) mass is 286 g/mol. The summed E-state index contributed by atoms with van der Waals surface area (Å²) in [4.78, 5) is 10.7. The van der Waals surface area contributed by atoms with Gasteiger partial charge in [-0.25, -0.2) is 13.8 Å². The molecule has 0 aromatic rings. The van der Waals surface area contributed by atoms with Crippen LogP contribution < -0.4 is 0 Å². The molecule has 0 unspecified atom stereocenters. The molecule has 0 saturated carbocycles. The second kappa shape index (κ2) is 5.65. The highest BCUT2D eigenvalue weighted by Crippen LogP contribution is 2.50. The maximum Gasteiger partial charge on any atom is 0.530 e. The van der Waals surface area contributed by atoms with Crippen LogP contribution in [0.1, 0.15) is 6.92 Å². The number of halogens is 6. The summed E-state index contributed by atoms with van der Waals surface area (Å²) in [5.41, 5.74) is -0.408. The molecule has 4 nitrogen and oxygen atoms in total. The van der Waals surface area contributed by atoms with Crippen LogP contribution in [0, 0.1) is 0 Å². The van der Waals surface area contributed by atoms with E-state index >= 15 is 0 Å². The van der Waals surface area contributed by atoms with Crippen LogP contribution in [0.25, 0.3) is 0 Å². The first-order valence-electron chi connectivity index (χ1n) is 3.60. The van der Waals surface area contributed by atoms with Crippen molar-refractivity contribution in [2.75, 3.05) is 0 Å². The van der Waals surface area contributed by atoms with Crippen LogP contribution in [-0.4, -0.2) is 18.7 Å². The molecule has 0 rings (SSSR count). The third-order valence-electron chi connectivity index (χ3n) is 0.862. The maximum atomic E-state index is 11.7. The standard InChI is InChI=1S/C6H5F6O4P/c1-3(2)4(13)14-17(15-5(7,8)9)16-6(10,11)12/h1H2,2H3. The average molecular weight is 286 g/mol. The quantitative estimate of drug-likeness (QED) is 0.451. The van der Waals surface area contributed by atoms with Crippen molar-refractivity contribution in [3.05, 3.63) is 12.2 Å². The highest BCUT2D eigenvalue weighted by Gasteiger charge is 2.44. The molecular formula is C6H5F6O4P. The first-order valence-corrected chi connectivity index (χ1v) is 4.70. The first kappa shape index (κ1) is 16.1. The van der Waals surface area contributed by atoms with E-state index in [0.717, 1.165) is 6.92 Å². The molecule has 0 fully saturated rings. The number of carbonyl (C=O) groups excluding carboxylic acids is 1. The minimum absolute atomic E-state index is 0.408. The highest BCUT2D eigenvalue weighted by molar-refractivity contribution is 7.42. The lowest BCUT2D eigenvalue weighted by Crippen LogP contribution is -2.18. The third kappa shape index (κ3) is 8.90. The van der Waals surface area contributed by atoms with Crippen molar-refractivity contribution in [3.8, 4) is 0 Å². The Morgan fingerprint density at radius 3 is 1.65 bits per heavy atom. The molecule has 17 heavy (non-hydrogen) atoms. The lowest BCUT2D eigenvalue weighted by molar-refractivity contribution is -0.307. The topological polar surface area (TPSA) is 44.8 Å². The van der Waals surface area contributed by atoms with Gasteiger partial charge in [-0.2, -0.15) is 0 Å². The van der Waals surface area contributed by atoms with E-state index in [1.165, 1.54) is 0 Å². The Morgan fingerprint density at radius 1 is 1.06 bits per heavy atom. The van der Waals surface area contributed by atoms with Crippen molar-refractivity contribution in [2.24, 2.45) is 0 Å². The fourth-order valence-electron chi connectivity index (χ4n) is 0.371. The molecule has 11 heteroatoms. The maximum absolute atomic E-state index is 11.7. The van der Waals surface area contributed by atoms with Crippen molar-refractivity contribution in [2.45, 2.75) is 19.6 Å². The molecule has 0 aromatic carbocycles. The van der Waals surface area contributed by atoms with Crippen molar-refractivity contribution < 1.29 is 44.7 Å². The summed E-state index contributed by atoms with van der Waals surface area (Å²) in [7, 11) is -3.97. The zero-order chi connectivity index (χ0) is 13.9. The van der Waals surface area contributed by atoms with E-state index in [0.29, 0.717) is 0 Å². The normalized spacial score (nSPS) is 12.7. The zero-order valence-electron chi connectivity index (χ0n) is 8.06. The van der Waals surface area contributed by atoms with E-state index < -0.39 is 32.9 Å². The van der Waals surface area contributed by atoms with Gasteiger partial charge in [0.05, 0.1) is 0 Å². The lowest BCUT2D eigenvalue weighted by Gasteiger charge is -2.17. The Balaban J connectivity index is 4.63. The van der Waals surface area contributed by atoms with Gasteiger partial charge in [0, 0.05) is 5.57 Å². The molecule has 0 heterocycles. The summed E-state index contributed by atoms with van der Waals surface area (Å²) >= 11 is 0. The Morgan fingerprint density at radius 2 is 1.41 bits per heavy atom. The third-order valence-corrected chi connectivity index (χ3v) is 1.89. The Bertz CT molecular complexity index is 282. The van der Waals surface area contributed by atoms with Crippen molar-refractivity contribution >= 4 is 14.6 Å². The lowest BCUT2D eigenvalue weighted by atomic mass is 10.4. The molecule has 0 amide bonds. The molecule has 0 atom stereocenters. The number of rotatable bonds is 4. The van der Waals surface area contributed by atoms with Crippen LogP contribution in [-0.2, 0) is 18.4 Å². The predicted molar refractivity (Wildman–Crippen MR) is 42.1 cm³/mol. The molecule has 0 aliphatic heterocycles. The molecule has 0 bridgehead atoms. The van der Waals surface area contributed by atoms with E-state index in [1.807, 2.05) is 0 Å². The summed E-state index contributed by atoms with van der Waals surface area (Å²) in [6, 6.07) is 0. The van der Waals surface area contributed by atoms with Gasteiger partial charge in [-0.3, -0.25) is 0 Å². The molecule has 100 valence electrons. The Labute approximate surface area is 92.1 Å². The van der Waals surface area contributed by atoms with Crippen LogP contribution in [0.5, 0.6) is 0 Å². The number of alkyl halides is 6. The van der Waals surface area contributed by atoms with Crippen LogP contribution in [0.15, 0.2) is 12.2 Å². The van der Waals surface area contributed by atoms with Crippen molar-refractivity contribution in [1.29, 1.82) is 0 Å². The zero-order valence-corrected chi connectivity index (χ0v) is 8.95. The molecule has 0 saturated heterocycles. The summed E-state index contributed by atoms with van der Waals surface area (Å²) in [6.45, 7) is 3.99. The summed E-state index contributed by atoms with van der Waals surface area (Å²) < 4.78 is 79.4. The Hall–Kier alpha value is -0.860. The van der Waals surface area contributed by atoms with Crippen LogP contribution in [0.2, 0.25) is 0 Å². The van der Waals surface area contributed by atoms with E-state index in [-0.39, 0.29) is 0 Å². The molecule has 0 N–H and O–H groups in total. The smallest absolute Gasteiger partial charge is 0.390 e. The van der Waals surface area contributed by atoms with Gasteiger partial charge in [0.1, 0.15) is 0 Å². The second-order valence-corrected chi connectivity index (χ2v) is 3.45. The predicted octanol–water partition coefficient (Wildman–Crippen LogP) is 3.41. The average Bonchev–Trinajstić information content (AvgIpc) is 1.96. The van der Waals surface area contributed by atoms with Gasteiger partial charge in [-0.05, 0) is 6.92 Å². The van der Waals surface area contributed by atoms with Gasteiger partial charge < -0.3 is 4.52 Å². The number of hydrogen-bond donors (Lipinski definition) is 0. The van der Waals surface area contributed by atoms with Gasteiger partial charge in [-0.15, -0.1) is 26.3 Å². The molecule has 0 radical (unpaired) electrons. The summed E-state index contributed by atoms with van der Waals surface area (Å²) in [5.74, 6) is -1.50. The Kier molecular flexibility index (Phi) is 5.37. The minimum atomic E-state index is -5.44. The molecule has 0 spiro atoms. The number of carbonyl (C=O) groups is 1. The first-order chi connectivity index (χ1) is 7.41. The fraction of sp³-hybridized carbons (Fsp3) is 0.500.